The van der Waals surface area contributed by atoms with Gasteiger partial charge >= 0.3 is 0 Å². The molecule has 1 aliphatic heterocycles. The second kappa shape index (κ2) is 2.63. The van der Waals surface area contributed by atoms with E-state index in [-0.39, 0.29) is 0 Å². The first-order valence-corrected chi connectivity index (χ1v) is 4.13. The zero-order chi connectivity index (χ0) is 8.55. The predicted octanol–water partition coefficient (Wildman–Crippen LogP) is 2.05. The maximum Gasteiger partial charge on any atom is 0.0626 e. The number of hydrogen-bond donors (Lipinski definition) is 0. The van der Waals surface area contributed by atoms with Crippen LogP contribution in [0.2, 0.25) is 0 Å². The lowest BCUT2D eigenvalue weighted by Crippen LogP contribution is -2.19. The van der Waals surface area contributed by atoms with Gasteiger partial charge < -0.3 is 0 Å². The highest BCUT2D eigenvalue weighted by Crippen LogP contribution is 2.23. The molecule has 0 saturated carbocycles. The van der Waals surface area contributed by atoms with Crippen molar-refractivity contribution >= 4 is 11.4 Å². The molecule has 0 spiro atoms. The van der Waals surface area contributed by atoms with Crippen LogP contribution in [0.1, 0.15) is 12.5 Å². The zero-order valence-electron chi connectivity index (χ0n) is 7.41. The standard InChI is InChI=1S/C10H12N2/c1-8-7-9-5-3-4-6-10(9)12(2)11-8/h3-6H,7H2,1-2H3. The molecule has 12 heavy (non-hydrogen) atoms. The molecule has 0 amide bonds. The molecule has 0 aromatic heterocycles. The highest BCUT2D eigenvalue weighted by molar-refractivity contribution is 5.88. The molecule has 2 rings (SSSR count). The molecule has 2 nitrogen and oxygen atoms in total. The molecular formula is C10H12N2. The average Bonchev–Trinajstić information content (AvgIpc) is 2.04. The van der Waals surface area contributed by atoms with Crippen molar-refractivity contribution in [3.8, 4) is 0 Å². The van der Waals surface area contributed by atoms with Crippen LogP contribution in [-0.4, -0.2) is 12.8 Å². The molecule has 0 bridgehead atoms. The van der Waals surface area contributed by atoms with Crippen molar-refractivity contribution < 1.29 is 0 Å². The maximum atomic E-state index is 4.37. The van der Waals surface area contributed by atoms with Gasteiger partial charge in [-0.25, -0.2) is 0 Å². The second-order valence-electron chi connectivity index (χ2n) is 3.16. The normalized spacial score (nSPS) is 15.5. The van der Waals surface area contributed by atoms with E-state index in [9.17, 15) is 0 Å². The van der Waals surface area contributed by atoms with E-state index in [2.05, 4.69) is 30.2 Å². The number of nitrogens with zero attached hydrogens (tertiary/aromatic N) is 2. The number of hydrazone groups is 1. The molecule has 1 aromatic carbocycles. The summed E-state index contributed by atoms with van der Waals surface area (Å²) in [6.45, 7) is 2.06. The van der Waals surface area contributed by atoms with Gasteiger partial charge in [-0.05, 0) is 18.6 Å². The van der Waals surface area contributed by atoms with Crippen molar-refractivity contribution in [1.29, 1.82) is 0 Å². The molecule has 0 unspecified atom stereocenters. The van der Waals surface area contributed by atoms with Gasteiger partial charge in [0.05, 0.1) is 5.69 Å². The number of rotatable bonds is 0. The molecule has 1 aromatic rings. The average molecular weight is 160 g/mol. The van der Waals surface area contributed by atoms with Crippen LogP contribution in [0.3, 0.4) is 0 Å². The highest BCUT2D eigenvalue weighted by Gasteiger charge is 2.11. The van der Waals surface area contributed by atoms with Gasteiger partial charge in [0.15, 0.2) is 0 Å². The number of anilines is 1. The quantitative estimate of drug-likeness (QED) is 0.567. The van der Waals surface area contributed by atoms with Crippen LogP contribution in [0.25, 0.3) is 0 Å². The van der Waals surface area contributed by atoms with Gasteiger partial charge in [0.1, 0.15) is 0 Å². The van der Waals surface area contributed by atoms with Crippen LogP contribution in [0.4, 0.5) is 5.69 Å². The Morgan fingerprint density at radius 3 is 2.92 bits per heavy atom. The molecule has 0 fully saturated rings. The third-order valence-corrected chi connectivity index (χ3v) is 2.11. The van der Waals surface area contributed by atoms with Gasteiger partial charge in [0, 0.05) is 19.2 Å². The van der Waals surface area contributed by atoms with Gasteiger partial charge in [-0.3, -0.25) is 5.01 Å². The number of fused-ring (bicyclic) bond motifs is 1. The lowest BCUT2D eigenvalue weighted by Gasteiger charge is -2.22. The number of hydrogen-bond acceptors (Lipinski definition) is 2. The minimum Gasteiger partial charge on any atom is -0.268 e. The number of para-hydroxylation sites is 1. The largest absolute Gasteiger partial charge is 0.268 e. The van der Waals surface area contributed by atoms with Crippen molar-refractivity contribution in [2.24, 2.45) is 5.10 Å². The Kier molecular flexibility index (Phi) is 1.61. The summed E-state index contributed by atoms with van der Waals surface area (Å²) >= 11 is 0. The van der Waals surface area contributed by atoms with Gasteiger partial charge in [0.2, 0.25) is 0 Å². The lowest BCUT2D eigenvalue weighted by atomic mass is 10.1. The monoisotopic (exact) mass is 160 g/mol. The van der Waals surface area contributed by atoms with Crippen LogP contribution in [-0.2, 0) is 6.42 Å². The van der Waals surface area contributed by atoms with Crippen LogP contribution < -0.4 is 5.01 Å². The van der Waals surface area contributed by atoms with E-state index in [0.717, 1.165) is 6.42 Å². The second-order valence-corrected chi connectivity index (χ2v) is 3.16. The van der Waals surface area contributed by atoms with Crippen LogP contribution in [0.15, 0.2) is 29.4 Å². The van der Waals surface area contributed by atoms with Crippen LogP contribution in [0, 0.1) is 0 Å². The van der Waals surface area contributed by atoms with Crippen molar-refractivity contribution in [3.63, 3.8) is 0 Å². The summed E-state index contributed by atoms with van der Waals surface area (Å²) in [5.74, 6) is 0. The summed E-state index contributed by atoms with van der Waals surface area (Å²) in [6.07, 6.45) is 0.987. The Hall–Kier alpha value is -1.31. The molecule has 1 aliphatic rings. The molecular weight excluding hydrogens is 148 g/mol. The van der Waals surface area contributed by atoms with Crippen molar-refractivity contribution in [2.45, 2.75) is 13.3 Å². The van der Waals surface area contributed by atoms with E-state index in [1.54, 1.807) is 0 Å². The zero-order valence-corrected chi connectivity index (χ0v) is 7.41. The van der Waals surface area contributed by atoms with Gasteiger partial charge in [0.25, 0.3) is 0 Å². The minimum atomic E-state index is 0.987. The molecule has 2 heteroatoms. The van der Waals surface area contributed by atoms with Crippen LogP contribution >= 0.6 is 0 Å². The van der Waals surface area contributed by atoms with E-state index < -0.39 is 0 Å². The van der Waals surface area contributed by atoms with E-state index in [1.807, 2.05) is 18.1 Å². The first-order valence-electron chi connectivity index (χ1n) is 4.13. The van der Waals surface area contributed by atoms with E-state index >= 15 is 0 Å². The molecule has 0 aliphatic carbocycles. The van der Waals surface area contributed by atoms with Crippen LogP contribution in [0.5, 0.6) is 0 Å². The first-order chi connectivity index (χ1) is 5.77. The van der Waals surface area contributed by atoms with Crippen molar-refractivity contribution in [3.05, 3.63) is 29.8 Å². The predicted molar refractivity (Wildman–Crippen MR) is 51.7 cm³/mol. The molecule has 0 atom stereocenters. The van der Waals surface area contributed by atoms with Crippen molar-refractivity contribution in [2.75, 3.05) is 12.1 Å². The Labute approximate surface area is 72.5 Å². The fraction of sp³-hybridized carbons (Fsp3) is 0.300. The van der Waals surface area contributed by atoms with Gasteiger partial charge in [-0.1, -0.05) is 18.2 Å². The Bertz CT molecular complexity index is 328. The highest BCUT2D eigenvalue weighted by atomic mass is 15.4. The first kappa shape index (κ1) is 7.35. The summed E-state index contributed by atoms with van der Waals surface area (Å²) < 4.78 is 0. The van der Waals surface area contributed by atoms with Gasteiger partial charge in [-0.15, -0.1) is 0 Å². The topological polar surface area (TPSA) is 15.6 Å². The summed E-state index contributed by atoms with van der Waals surface area (Å²) in [4.78, 5) is 0. The summed E-state index contributed by atoms with van der Waals surface area (Å²) in [5, 5.41) is 6.31. The molecule has 0 N–H and O–H groups in total. The SMILES string of the molecule is CC1=NN(C)c2ccccc2C1. The van der Waals surface area contributed by atoms with E-state index in [1.165, 1.54) is 17.0 Å². The summed E-state index contributed by atoms with van der Waals surface area (Å²) in [6, 6.07) is 8.38. The minimum absolute atomic E-state index is 0.987. The Morgan fingerprint density at radius 2 is 2.08 bits per heavy atom. The maximum absolute atomic E-state index is 4.37. The third kappa shape index (κ3) is 1.09. The third-order valence-electron chi connectivity index (χ3n) is 2.11. The molecule has 0 radical (unpaired) electrons. The lowest BCUT2D eigenvalue weighted by molar-refractivity contribution is 0.962. The Balaban J connectivity index is 2.48. The smallest absolute Gasteiger partial charge is 0.0626 e. The van der Waals surface area contributed by atoms with E-state index in [0.29, 0.717) is 0 Å². The van der Waals surface area contributed by atoms with Gasteiger partial charge in [-0.2, -0.15) is 5.10 Å². The molecule has 1 heterocycles. The molecule has 0 saturated heterocycles. The summed E-state index contributed by atoms with van der Waals surface area (Å²) in [7, 11) is 1.99. The fourth-order valence-electron chi connectivity index (χ4n) is 1.60. The van der Waals surface area contributed by atoms with E-state index in [4.69, 9.17) is 0 Å². The number of benzene rings is 1. The summed E-state index contributed by atoms with van der Waals surface area (Å²) in [5.41, 5.74) is 3.77. The molecule has 62 valence electrons. The fourth-order valence-corrected chi connectivity index (χ4v) is 1.60. The van der Waals surface area contributed by atoms with Crippen molar-refractivity contribution in [1.82, 2.24) is 0 Å². The Morgan fingerprint density at radius 1 is 1.33 bits per heavy atom.